The molecule has 1 aliphatic heterocycles. The summed E-state index contributed by atoms with van der Waals surface area (Å²) in [6.07, 6.45) is 4.24. The zero-order valence-corrected chi connectivity index (χ0v) is 12.3. The van der Waals surface area contributed by atoms with E-state index < -0.39 is 10.0 Å². The summed E-state index contributed by atoms with van der Waals surface area (Å²) in [6, 6.07) is 7.21. The molecule has 1 aromatic carbocycles. The molecule has 2 atom stereocenters. The van der Waals surface area contributed by atoms with Crippen molar-refractivity contribution >= 4 is 15.9 Å². The molecule has 0 radical (unpaired) electrons. The van der Waals surface area contributed by atoms with Crippen molar-refractivity contribution in [3.05, 3.63) is 29.8 Å². The molecule has 1 aliphatic carbocycles. The molecule has 0 saturated heterocycles. The van der Waals surface area contributed by atoms with Gasteiger partial charge in [0.15, 0.2) is 5.84 Å². The van der Waals surface area contributed by atoms with Crippen LogP contribution in [0.2, 0.25) is 0 Å². The first-order valence-electron chi connectivity index (χ1n) is 6.93. The number of amidine groups is 1. The summed E-state index contributed by atoms with van der Waals surface area (Å²) < 4.78 is 28.1. The van der Waals surface area contributed by atoms with Crippen LogP contribution in [0, 0.1) is 0 Å². The third-order valence-electron chi connectivity index (χ3n) is 4.23. The van der Waals surface area contributed by atoms with Crippen molar-refractivity contribution < 1.29 is 8.42 Å². The van der Waals surface area contributed by atoms with Crippen molar-refractivity contribution in [2.75, 3.05) is 7.05 Å². The van der Waals surface area contributed by atoms with E-state index in [1.54, 1.807) is 12.1 Å². The van der Waals surface area contributed by atoms with Crippen LogP contribution in [-0.2, 0) is 10.0 Å². The molecule has 6 heteroatoms. The first kappa shape index (κ1) is 13.6. The van der Waals surface area contributed by atoms with Gasteiger partial charge in [0.05, 0.1) is 0 Å². The molecule has 5 nitrogen and oxygen atoms in total. The number of fused-ring (bicyclic) bond motifs is 1. The number of likely N-dealkylation sites (N-methyl/N-ethyl adjacent to an activating group) is 1. The molecule has 0 amide bonds. The van der Waals surface area contributed by atoms with Gasteiger partial charge in [-0.15, -0.1) is 4.40 Å². The SMILES string of the molecule is CN(C1=NS(=O)(=O)c2ccccc21)C1CCCCC1N. The van der Waals surface area contributed by atoms with Gasteiger partial charge >= 0.3 is 0 Å². The van der Waals surface area contributed by atoms with E-state index in [2.05, 4.69) is 4.40 Å². The van der Waals surface area contributed by atoms with E-state index in [1.165, 1.54) is 0 Å². The predicted octanol–water partition coefficient (Wildman–Crippen LogP) is 1.34. The summed E-state index contributed by atoms with van der Waals surface area (Å²) in [5.41, 5.74) is 6.88. The van der Waals surface area contributed by atoms with Crippen LogP contribution in [0.5, 0.6) is 0 Å². The van der Waals surface area contributed by atoms with Crippen LogP contribution in [0.25, 0.3) is 0 Å². The lowest BCUT2D eigenvalue weighted by atomic mass is 9.89. The molecule has 2 N–H and O–H groups in total. The summed E-state index contributed by atoms with van der Waals surface area (Å²) in [4.78, 5) is 2.25. The Bertz CT molecular complexity index is 654. The highest BCUT2D eigenvalue weighted by Gasteiger charge is 2.35. The van der Waals surface area contributed by atoms with E-state index in [1.807, 2.05) is 24.1 Å². The van der Waals surface area contributed by atoms with Gasteiger partial charge in [0.2, 0.25) is 0 Å². The van der Waals surface area contributed by atoms with Crippen molar-refractivity contribution in [2.24, 2.45) is 10.1 Å². The van der Waals surface area contributed by atoms with Crippen molar-refractivity contribution in [3.63, 3.8) is 0 Å². The summed E-state index contributed by atoms with van der Waals surface area (Å²) in [7, 11) is -1.66. The molecular weight excluding hydrogens is 274 g/mol. The average molecular weight is 293 g/mol. The highest BCUT2D eigenvalue weighted by Crippen LogP contribution is 2.30. The monoisotopic (exact) mass is 293 g/mol. The maximum absolute atomic E-state index is 12.1. The summed E-state index contributed by atoms with van der Waals surface area (Å²) >= 11 is 0. The Morgan fingerprint density at radius 2 is 1.95 bits per heavy atom. The molecule has 0 spiro atoms. The van der Waals surface area contributed by atoms with E-state index in [0.717, 1.165) is 25.7 Å². The van der Waals surface area contributed by atoms with E-state index in [0.29, 0.717) is 16.3 Å². The number of nitrogens with two attached hydrogens (primary N) is 1. The van der Waals surface area contributed by atoms with E-state index in [4.69, 9.17) is 5.73 Å². The molecule has 1 heterocycles. The molecule has 3 rings (SSSR count). The highest BCUT2D eigenvalue weighted by molar-refractivity contribution is 7.90. The summed E-state index contributed by atoms with van der Waals surface area (Å²) in [5, 5.41) is 0. The fourth-order valence-electron chi connectivity index (χ4n) is 3.12. The first-order chi connectivity index (χ1) is 9.50. The number of nitrogens with zero attached hydrogens (tertiary/aromatic N) is 2. The van der Waals surface area contributed by atoms with E-state index in [-0.39, 0.29) is 12.1 Å². The minimum atomic E-state index is -3.55. The smallest absolute Gasteiger partial charge is 0.285 e. The topological polar surface area (TPSA) is 75.8 Å². The predicted molar refractivity (Wildman–Crippen MR) is 78.2 cm³/mol. The van der Waals surface area contributed by atoms with Crippen LogP contribution in [-0.4, -0.2) is 38.3 Å². The van der Waals surface area contributed by atoms with Gasteiger partial charge in [-0.05, 0) is 25.0 Å². The molecule has 1 saturated carbocycles. The molecule has 1 aromatic rings. The van der Waals surface area contributed by atoms with E-state index >= 15 is 0 Å². The minimum absolute atomic E-state index is 0.0758. The minimum Gasteiger partial charge on any atom is -0.354 e. The second-order valence-corrected chi connectivity index (χ2v) is 7.09. The van der Waals surface area contributed by atoms with Crippen LogP contribution >= 0.6 is 0 Å². The third kappa shape index (κ3) is 2.13. The Labute approximate surface area is 119 Å². The van der Waals surface area contributed by atoms with Crippen molar-refractivity contribution in [1.82, 2.24) is 4.90 Å². The Balaban J connectivity index is 1.99. The van der Waals surface area contributed by atoms with Crippen LogP contribution in [0.3, 0.4) is 0 Å². The zero-order valence-electron chi connectivity index (χ0n) is 11.5. The Hall–Kier alpha value is -1.40. The number of hydrogen-bond acceptors (Lipinski definition) is 4. The summed E-state index contributed by atoms with van der Waals surface area (Å²) in [5.74, 6) is 0.531. The van der Waals surface area contributed by atoms with Crippen LogP contribution in [0.4, 0.5) is 0 Å². The molecule has 0 aromatic heterocycles. The van der Waals surface area contributed by atoms with Gasteiger partial charge in [-0.1, -0.05) is 25.0 Å². The molecule has 108 valence electrons. The Morgan fingerprint density at radius 3 is 2.70 bits per heavy atom. The molecule has 20 heavy (non-hydrogen) atoms. The molecule has 2 aliphatic rings. The number of sulfonamides is 1. The molecule has 0 bridgehead atoms. The van der Waals surface area contributed by atoms with Crippen LogP contribution in [0.15, 0.2) is 33.6 Å². The Morgan fingerprint density at radius 1 is 1.25 bits per heavy atom. The van der Waals surface area contributed by atoms with Gasteiger partial charge in [0.25, 0.3) is 10.0 Å². The van der Waals surface area contributed by atoms with Gasteiger partial charge < -0.3 is 10.6 Å². The largest absolute Gasteiger partial charge is 0.354 e. The number of hydrogen-bond donors (Lipinski definition) is 1. The first-order valence-corrected chi connectivity index (χ1v) is 8.37. The lowest BCUT2D eigenvalue weighted by Gasteiger charge is -2.37. The number of benzene rings is 1. The van der Waals surface area contributed by atoms with Gasteiger partial charge in [0, 0.05) is 24.7 Å². The lowest BCUT2D eigenvalue weighted by molar-refractivity contribution is 0.245. The normalized spacial score (nSPS) is 27.8. The summed E-state index contributed by atoms with van der Waals surface area (Å²) in [6.45, 7) is 0. The number of rotatable bonds is 1. The maximum Gasteiger partial charge on any atom is 0.285 e. The average Bonchev–Trinajstić information content (AvgIpc) is 2.71. The standard InChI is InChI=1S/C14H19N3O2S/c1-17(12-8-4-3-7-11(12)15)14-10-6-2-5-9-13(10)20(18,19)16-14/h2,5-6,9,11-12H,3-4,7-8,15H2,1H3. The van der Waals surface area contributed by atoms with Crippen molar-refractivity contribution in [3.8, 4) is 0 Å². The maximum atomic E-state index is 12.1. The Kier molecular flexibility index (Phi) is 3.30. The van der Waals surface area contributed by atoms with E-state index in [9.17, 15) is 8.42 Å². The molecular formula is C14H19N3O2S. The fraction of sp³-hybridized carbons (Fsp3) is 0.500. The molecule has 2 unspecified atom stereocenters. The second kappa shape index (κ2) is 4.86. The molecule has 1 fully saturated rings. The highest BCUT2D eigenvalue weighted by atomic mass is 32.2. The quantitative estimate of drug-likeness (QED) is 0.847. The fourth-order valence-corrected chi connectivity index (χ4v) is 4.36. The lowest BCUT2D eigenvalue weighted by Crippen LogP contribution is -2.50. The van der Waals surface area contributed by atoms with Crippen molar-refractivity contribution in [2.45, 2.75) is 42.7 Å². The van der Waals surface area contributed by atoms with Crippen LogP contribution in [0.1, 0.15) is 31.2 Å². The van der Waals surface area contributed by atoms with Gasteiger partial charge in [-0.3, -0.25) is 0 Å². The van der Waals surface area contributed by atoms with Gasteiger partial charge in [-0.2, -0.15) is 8.42 Å². The second-order valence-electron chi connectivity index (χ2n) is 5.51. The van der Waals surface area contributed by atoms with Crippen LogP contribution < -0.4 is 5.73 Å². The van der Waals surface area contributed by atoms with Gasteiger partial charge in [-0.25, -0.2) is 0 Å². The van der Waals surface area contributed by atoms with Crippen molar-refractivity contribution in [1.29, 1.82) is 0 Å². The zero-order chi connectivity index (χ0) is 14.3. The third-order valence-corrected chi connectivity index (χ3v) is 5.55. The van der Waals surface area contributed by atoms with Gasteiger partial charge in [0.1, 0.15) is 4.90 Å².